The fourth-order valence-corrected chi connectivity index (χ4v) is 8.96. The van der Waals surface area contributed by atoms with Gasteiger partial charge in [-0.25, -0.2) is 0 Å². The van der Waals surface area contributed by atoms with Gasteiger partial charge >= 0.3 is 21.7 Å². The second-order valence-corrected chi connectivity index (χ2v) is 24.1. The van der Waals surface area contributed by atoms with E-state index in [2.05, 4.69) is 27.7 Å². The van der Waals surface area contributed by atoms with E-state index < -0.39 is 29.4 Å². The molecule has 0 heterocycles. The zero-order valence-electron chi connectivity index (χ0n) is 53.8. The molecule has 0 atom stereocenters. The molecule has 0 spiro atoms. The topological polar surface area (TPSA) is 170 Å². The Hall–Kier alpha value is 1.17. The van der Waals surface area contributed by atoms with Gasteiger partial charge in [-0.3, -0.25) is 0 Å². The SMILES string of the molecule is CC(C)O.CC(C)O.CC(C)[O-].CC(C)[O-].CCCCCCCCCCCCCOP([O-])OCCCCCCCCCCCCC.CCCCCCCCCCCCCOP([O-])OCCCCCCCCCCCCC.[Ti+4]. The van der Waals surface area contributed by atoms with Crippen molar-refractivity contribution in [3.05, 3.63) is 0 Å². The monoisotopic (exact) mass is 1180 g/mol. The molecule has 468 valence electrons. The van der Waals surface area contributed by atoms with Crippen LogP contribution in [0.15, 0.2) is 0 Å². The van der Waals surface area contributed by atoms with E-state index in [-0.39, 0.29) is 33.9 Å². The Morgan fingerprint density at radius 2 is 0.351 bits per heavy atom. The van der Waals surface area contributed by atoms with Crippen molar-refractivity contribution in [3.63, 3.8) is 0 Å². The van der Waals surface area contributed by atoms with Gasteiger partial charge in [0.05, 0.1) is 43.6 Å². The van der Waals surface area contributed by atoms with Gasteiger partial charge in [-0.2, -0.15) is 0 Å². The molecule has 0 unspecified atom stereocenters. The predicted molar refractivity (Wildman–Crippen MR) is 328 cm³/mol. The Morgan fingerprint density at radius 3 is 0.455 bits per heavy atom. The van der Waals surface area contributed by atoms with Gasteiger partial charge in [0, 0.05) is 12.2 Å². The minimum atomic E-state index is -1.91. The Morgan fingerprint density at radius 1 is 0.260 bits per heavy atom. The number of unbranched alkanes of at least 4 members (excludes halogenated alkanes) is 40. The minimum absolute atomic E-state index is 0. The van der Waals surface area contributed by atoms with Crippen LogP contribution in [-0.2, 0) is 39.8 Å². The quantitative estimate of drug-likeness (QED) is 0.0339. The van der Waals surface area contributed by atoms with Crippen LogP contribution in [0.3, 0.4) is 0 Å². The summed E-state index contributed by atoms with van der Waals surface area (Å²) in [6.07, 6.45) is 56.8. The Kier molecular flexibility index (Phi) is 106. The predicted octanol–water partition coefficient (Wildman–Crippen LogP) is 18.7. The van der Waals surface area contributed by atoms with Gasteiger partial charge in [0.15, 0.2) is 0 Å². The molecule has 2 N–H and O–H groups in total. The summed E-state index contributed by atoms with van der Waals surface area (Å²) in [5.41, 5.74) is 0. The van der Waals surface area contributed by atoms with Crippen molar-refractivity contribution in [2.75, 3.05) is 26.4 Å². The summed E-state index contributed by atoms with van der Waals surface area (Å²) in [7, 11) is -3.81. The van der Waals surface area contributed by atoms with Crippen molar-refractivity contribution in [1.82, 2.24) is 0 Å². The standard InChI is InChI=1S/2C26H54O3P.2C3H8O.2C3H7O.Ti/c2*1-3-5-7-9-11-13-15-17-19-21-23-25-28-30(27)29-26-24-22-20-18-16-14-12-10-8-6-4-2;4*1-3(2)4;/h2*3-26H2,1-2H3;2*3-4H,1-2H3;2*3H,1-2H3;/q2*-1;;;2*-1;+4. The van der Waals surface area contributed by atoms with Gasteiger partial charge in [0.2, 0.25) is 0 Å². The van der Waals surface area contributed by atoms with Crippen molar-refractivity contribution in [2.45, 2.75) is 390 Å². The van der Waals surface area contributed by atoms with Crippen LogP contribution >= 0.6 is 17.2 Å². The zero-order valence-corrected chi connectivity index (χ0v) is 57.2. The van der Waals surface area contributed by atoms with E-state index in [1.54, 1.807) is 55.4 Å². The molecule has 0 amide bonds. The van der Waals surface area contributed by atoms with Crippen molar-refractivity contribution in [1.29, 1.82) is 0 Å². The average molecular weight is 1180 g/mol. The van der Waals surface area contributed by atoms with Crippen LogP contribution in [-0.4, -0.2) is 61.1 Å². The van der Waals surface area contributed by atoms with Crippen LogP contribution in [0.1, 0.15) is 366 Å². The molecule has 0 aliphatic carbocycles. The van der Waals surface area contributed by atoms with Crippen molar-refractivity contribution in [2.24, 2.45) is 0 Å². The normalized spacial score (nSPS) is 10.9. The summed E-state index contributed by atoms with van der Waals surface area (Å²) in [6, 6.07) is 0. The molecule has 0 aliphatic heterocycles. The molecule has 0 aromatic heterocycles. The van der Waals surface area contributed by atoms with E-state index in [1.807, 2.05) is 0 Å². The summed E-state index contributed by atoms with van der Waals surface area (Å²) in [5, 5.41) is 35.2. The molecular formula is C64H138O10P2Ti. The van der Waals surface area contributed by atoms with E-state index in [4.69, 9.17) is 28.3 Å². The van der Waals surface area contributed by atoms with Crippen LogP contribution in [0.5, 0.6) is 0 Å². The summed E-state index contributed by atoms with van der Waals surface area (Å²) in [6.45, 7) is 24.7. The molecule has 77 heavy (non-hydrogen) atoms. The van der Waals surface area contributed by atoms with Crippen molar-refractivity contribution >= 4 is 17.2 Å². The largest absolute Gasteiger partial charge is 4.00 e. The third-order valence-electron chi connectivity index (χ3n) is 11.8. The van der Waals surface area contributed by atoms with Crippen LogP contribution < -0.4 is 20.0 Å². The maximum atomic E-state index is 11.7. The molecule has 0 fully saturated rings. The molecular weight excluding hydrogens is 1040 g/mol. The molecule has 0 aromatic rings. The van der Waals surface area contributed by atoms with Gasteiger partial charge < -0.3 is 48.3 Å². The van der Waals surface area contributed by atoms with Gasteiger partial charge in [-0.15, -0.1) is 12.2 Å². The second kappa shape index (κ2) is 88.4. The Bertz CT molecular complexity index is 764. The van der Waals surface area contributed by atoms with Crippen molar-refractivity contribution in [3.8, 4) is 0 Å². The zero-order chi connectivity index (χ0) is 58.2. The van der Waals surface area contributed by atoms with Gasteiger partial charge in [-0.05, 0) is 53.4 Å². The summed E-state index contributed by atoms with van der Waals surface area (Å²) in [4.78, 5) is 23.4. The number of hydrogen-bond donors (Lipinski definition) is 2. The third kappa shape index (κ3) is 133. The summed E-state index contributed by atoms with van der Waals surface area (Å²) >= 11 is 0. The fraction of sp³-hybridized carbons (Fsp3) is 1.00. The number of aliphatic hydroxyl groups excluding tert-OH is 2. The van der Waals surface area contributed by atoms with Crippen molar-refractivity contribution < 1.29 is 70.0 Å². The maximum absolute atomic E-state index is 11.7. The first-order valence-electron chi connectivity index (χ1n) is 32.7. The maximum Gasteiger partial charge on any atom is 4.00 e. The van der Waals surface area contributed by atoms with Crippen LogP contribution in [0, 0.1) is 0 Å². The molecule has 0 aromatic carbocycles. The summed E-state index contributed by atoms with van der Waals surface area (Å²) in [5.74, 6) is 0. The van der Waals surface area contributed by atoms with E-state index in [1.165, 1.54) is 257 Å². The number of aliphatic hydroxyl groups is 2. The smallest absolute Gasteiger partial charge is 0.852 e. The van der Waals surface area contributed by atoms with Crippen LogP contribution in [0.25, 0.3) is 0 Å². The first-order valence-corrected chi connectivity index (χ1v) is 34.9. The molecule has 0 rings (SSSR count). The molecule has 10 nitrogen and oxygen atoms in total. The average Bonchev–Trinajstić information content (AvgIpc) is 3.35. The molecule has 0 bridgehead atoms. The van der Waals surface area contributed by atoms with Gasteiger partial charge in [0.25, 0.3) is 0 Å². The fourth-order valence-electron chi connectivity index (χ4n) is 7.70. The molecule has 0 aliphatic rings. The Balaban J connectivity index is -0.000000196. The van der Waals surface area contributed by atoms with E-state index >= 15 is 0 Å². The van der Waals surface area contributed by atoms with E-state index in [9.17, 15) is 20.0 Å². The first kappa shape index (κ1) is 91.9. The third-order valence-corrected chi connectivity index (χ3v) is 13.4. The first-order chi connectivity index (χ1) is 36.5. The van der Waals surface area contributed by atoms with Crippen LogP contribution in [0.2, 0.25) is 0 Å². The van der Waals surface area contributed by atoms with E-state index in [0.29, 0.717) is 26.4 Å². The molecule has 0 radical (unpaired) electrons. The Labute approximate surface area is 501 Å². The number of hydrogen-bond acceptors (Lipinski definition) is 10. The molecule has 13 heteroatoms. The molecule has 0 saturated heterocycles. The number of rotatable bonds is 52. The minimum Gasteiger partial charge on any atom is -0.852 e. The summed E-state index contributed by atoms with van der Waals surface area (Å²) < 4.78 is 21.2. The molecule has 0 saturated carbocycles. The van der Waals surface area contributed by atoms with Gasteiger partial charge in [0.1, 0.15) is 0 Å². The van der Waals surface area contributed by atoms with Gasteiger partial charge in [-0.1, -0.05) is 312 Å². The van der Waals surface area contributed by atoms with E-state index in [0.717, 1.165) is 25.7 Å². The van der Waals surface area contributed by atoms with Crippen LogP contribution in [0.4, 0.5) is 0 Å². The second-order valence-electron chi connectivity index (χ2n) is 22.2.